The van der Waals surface area contributed by atoms with Crippen LogP contribution in [-0.2, 0) is 4.79 Å². The van der Waals surface area contributed by atoms with Crippen molar-refractivity contribution in [2.24, 2.45) is 23.2 Å². The molecule has 36 heavy (non-hydrogen) atoms. The van der Waals surface area contributed by atoms with E-state index in [4.69, 9.17) is 9.97 Å². The minimum atomic E-state index is 0.208. The summed E-state index contributed by atoms with van der Waals surface area (Å²) in [6.07, 6.45) is 14.0. The number of likely N-dealkylation sites (N-methyl/N-ethyl adjacent to an activating group) is 1. The van der Waals surface area contributed by atoms with Crippen molar-refractivity contribution in [3.05, 3.63) is 18.0 Å². The Morgan fingerprint density at radius 1 is 1.00 bits per heavy atom. The predicted molar refractivity (Wildman–Crippen MR) is 146 cm³/mol. The number of piperidine rings is 1. The number of nitrogens with zero attached hydrogens (tertiary/aromatic N) is 5. The lowest BCUT2D eigenvalue weighted by molar-refractivity contribution is -0.142. The molecule has 2 atom stereocenters. The molecule has 0 aromatic carbocycles. The summed E-state index contributed by atoms with van der Waals surface area (Å²) in [4.78, 5) is 29.7. The molecule has 0 bridgehead atoms. The molecule has 1 aromatic heterocycles. The summed E-state index contributed by atoms with van der Waals surface area (Å²) in [6.45, 7) is 14.5. The van der Waals surface area contributed by atoms with Crippen LogP contribution in [0.3, 0.4) is 0 Å². The van der Waals surface area contributed by atoms with Crippen molar-refractivity contribution in [1.82, 2.24) is 19.8 Å². The number of rotatable bonds is 8. The highest BCUT2D eigenvalue weighted by molar-refractivity contribution is 5.83. The molecule has 5 rings (SSSR count). The van der Waals surface area contributed by atoms with Crippen molar-refractivity contribution >= 4 is 11.7 Å². The number of hydrogen-bond donors (Lipinski definition) is 0. The highest BCUT2D eigenvalue weighted by Gasteiger charge is 2.54. The molecule has 6 nitrogen and oxygen atoms in total. The van der Waals surface area contributed by atoms with E-state index in [0.717, 1.165) is 37.8 Å². The molecule has 200 valence electrons. The number of ketones is 1. The standard InChI is InChI=1S/C30H49N5O/c1-6-26-19-33(5)20-27(7-2)35(26)29-31-16-25(17-32-29)23-8-10-34(11-9-23)18-22-12-30(13-22)14-24(15-30)28(36)21(3)4/h16-17,21-24,26-27H,6-15,18-20H2,1-5H3. The van der Waals surface area contributed by atoms with Crippen molar-refractivity contribution in [2.75, 3.05) is 44.7 Å². The average Bonchev–Trinajstić information content (AvgIpc) is 2.84. The molecule has 2 unspecified atom stereocenters. The van der Waals surface area contributed by atoms with E-state index >= 15 is 0 Å². The Morgan fingerprint density at radius 3 is 2.11 bits per heavy atom. The van der Waals surface area contributed by atoms with Crippen LogP contribution < -0.4 is 4.90 Å². The summed E-state index contributed by atoms with van der Waals surface area (Å²) < 4.78 is 0. The van der Waals surface area contributed by atoms with E-state index in [1.807, 2.05) is 0 Å². The molecule has 2 aliphatic heterocycles. The molecule has 0 radical (unpaired) electrons. The number of likely N-dealkylation sites (tertiary alicyclic amines) is 1. The fraction of sp³-hybridized carbons (Fsp3) is 0.833. The molecular formula is C30H49N5O. The van der Waals surface area contributed by atoms with Crippen molar-refractivity contribution in [2.45, 2.75) is 97.1 Å². The van der Waals surface area contributed by atoms with Gasteiger partial charge in [-0.1, -0.05) is 27.7 Å². The first-order chi connectivity index (χ1) is 17.3. The topological polar surface area (TPSA) is 52.6 Å². The van der Waals surface area contributed by atoms with Crippen molar-refractivity contribution in [1.29, 1.82) is 0 Å². The molecule has 1 aromatic rings. The van der Waals surface area contributed by atoms with Crippen molar-refractivity contribution in [3.63, 3.8) is 0 Å². The first-order valence-electron chi connectivity index (χ1n) is 14.9. The molecule has 2 saturated heterocycles. The maximum absolute atomic E-state index is 12.2. The molecule has 0 amide bonds. The van der Waals surface area contributed by atoms with Crippen LogP contribution in [0.25, 0.3) is 0 Å². The van der Waals surface area contributed by atoms with Gasteiger partial charge in [-0.3, -0.25) is 4.79 Å². The van der Waals surface area contributed by atoms with E-state index in [2.05, 4.69) is 61.8 Å². The zero-order valence-corrected chi connectivity index (χ0v) is 23.5. The van der Waals surface area contributed by atoms with Gasteiger partial charge in [0, 0.05) is 55.9 Å². The number of anilines is 1. The SMILES string of the molecule is CCC1CN(C)CC(CC)N1c1ncc(C2CCN(CC3CC4(C3)CC(C(=O)C(C)C)C4)CC2)cn1. The van der Waals surface area contributed by atoms with Gasteiger partial charge in [0.2, 0.25) is 5.95 Å². The summed E-state index contributed by atoms with van der Waals surface area (Å²) in [7, 11) is 2.24. The fourth-order valence-corrected chi connectivity index (χ4v) is 8.02. The molecule has 1 spiro atoms. The van der Waals surface area contributed by atoms with Crippen LogP contribution in [-0.4, -0.2) is 77.4 Å². The molecule has 2 aliphatic carbocycles. The van der Waals surface area contributed by atoms with Gasteiger partial charge >= 0.3 is 0 Å². The molecule has 3 heterocycles. The van der Waals surface area contributed by atoms with Gasteiger partial charge in [-0.2, -0.15) is 0 Å². The van der Waals surface area contributed by atoms with Gasteiger partial charge in [-0.25, -0.2) is 9.97 Å². The average molecular weight is 496 g/mol. The van der Waals surface area contributed by atoms with Crippen LogP contribution in [0.2, 0.25) is 0 Å². The Morgan fingerprint density at radius 2 is 1.58 bits per heavy atom. The van der Waals surface area contributed by atoms with Crippen LogP contribution in [0.1, 0.15) is 90.5 Å². The number of carbonyl (C=O) groups excluding carboxylic acids is 1. The Bertz CT molecular complexity index is 865. The zero-order valence-electron chi connectivity index (χ0n) is 23.5. The molecule has 6 heteroatoms. The lowest BCUT2D eigenvalue weighted by atomic mass is 9.47. The smallest absolute Gasteiger partial charge is 0.225 e. The molecule has 2 saturated carbocycles. The van der Waals surface area contributed by atoms with Crippen LogP contribution in [0.5, 0.6) is 0 Å². The van der Waals surface area contributed by atoms with Gasteiger partial charge < -0.3 is 14.7 Å². The Labute approximate surface area is 219 Å². The van der Waals surface area contributed by atoms with E-state index in [1.165, 1.54) is 63.7 Å². The van der Waals surface area contributed by atoms with Crippen LogP contribution in [0, 0.1) is 23.2 Å². The molecular weight excluding hydrogens is 446 g/mol. The normalized spacial score (nSPS) is 34.1. The minimum Gasteiger partial charge on any atom is -0.332 e. The van der Waals surface area contributed by atoms with Gasteiger partial charge in [-0.05, 0) is 94.3 Å². The monoisotopic (exact) mass is 495 g/mol. The van der Waals surface area contributed by atoms with E-state index < -0.39 is 0 Å². The van der Waals surface area contributed by atoms with Gasteiger partial charge in [0.1, 0.15) is 5.78 Å². The molecule has 0 N–H and O–H groups in total. The van der Waals surface area contributed by atoms with Crippen molar-refractivity contribution < 1.29 is 4.79 Å². The van der Waals surface area contributed by atoms with Crippen LogP contribution in [0.15, 0.2) is 12.4 Å². The zero-order chi connectivity index (χ0) is 25.4. The second-order valence-corrected chi connectivity index (χ2v) is 13.1. The number of Topliss-reactive ketones (excluding diaryl/α,β-unsaturated/α-hetero) is 1. The van der Waals surface area contributed by atoms with E-state index in [1.54, 1.807) is 0 Å². The summed E-state index contributed by atoms with van der Waals surface area (Å²) >= 11 is 0. The van der Waals surface area contributed by atoms with Crippen LogP contribution in [0.4, 0.5) is 5.95 Å². The van der Waals surface area contributed by atoms with Crippen LogP contribution >= 0.6 is 0 Å². The minimum absolute atomic E-state index is 0.208. The Kier molecular flexibility index (Phi) is 7.74. The van der Waals surface area contributed by atoms with Gasteiger partial charge in [-0.15, -0.1) is 0 Å². The molecule has 4 fully saturated rings. The number of piperazine rings is 1. The van der Waals surface area contributed by atoms with Gasteiger partial charge in [0.15, 0.2) is 0 Å². The summed E-state index contributed by atoms with van der Waals surface area (Å²) in [6, 6.07) is 0.991. The second kappa shape index (κ2) is 10.7. The van der Waals surface area contributed by atoms with Gasteiger partial charge in [0.25, 0.3) is 0 Å². The third-order valence-electron chi connectivity index (χ3n) is 10.0. The first-order valence-corrected chi connectivity index (χ1v) is 14.9. The highest BCUT2D eigenvalue weighted by atomic mass is 16.1. The third kappa shape index (κ3) is 5.22. The number of aromatic nitrogens is 2. The first kappa shape index (κ1) is 26.1. The summed E-state index contributed by atoms with van der Waals surface area (Å²) in [5.41, 5.74) is 1.86. The molecule has 4 aliphatic rings. The lowest BCUT2D eigenvalue weighted by Crippen LogP contribution is -2.58. The van der Waals surface area contributed by atoms with E-state index in [9.17, 15) is 4.79 Å². The largest absolute Gasteiger partial charge is 0.332 e. The second-order valence-electron chi connectivity index (χ2n) is 13.1. The highest BCUT2D eigenvalue weighted by Crippen LogP contribution is 2.61. The Balaban J connectivity index is 1.08. The third-order valence-corrected chi connectivity index (χ3v) is 10.0. The maximum atomic E-state index is 12.2. The lowest BCUT2D eigenvalue weighted by Gasteiger charge is -2.58. The summed E-state index contributed by atoms with van der Waals surface area (Å²) in [5, 5.41) is 0. The fourth-order valence-electron chi connectivity index (χ4n) is 8.02. The number of hydrogen-bond acceptors (Lipinski definition) is 6. The summed E-state index contributed by atoms with van der Waals surface area (Å²) in [5.74, 6) is 3.44. The quantitative estimate of drug-likeness (QED) is 0.506. The van der Waals surface area contributed by atoms with E-state index in [-0.39, 0.29) is 5.92 Å². The van der Waals surface area contributed by atoms with E-state index in [0.29, 0.717) is 35.1 Å². The Hall–Kier alpha value is -1.53. The predicted octanol–water partition coefficient (Wildman–Crippen LogP) is 5.00. The maximum Gasteiger partial charge on any atom is 0.225 e. The van der Waals surface area contributed by atoms with Gasteiger partial charge in [0.05, 0.1) is 0 Å². The van der Waals surface area contributed by atoms with Crippen molar-refractivity contribution in [3.8, 4) is 0 Å². The number of carbonyl (C=O) groups is 1.